The van der Waals surface area contributed by atoms with E-state index in [9.17, 15) is 4.79 Å². The lowest BCUT2D eigenvalue weighted by atomic mass is 10.1. The summed E-state index contributed by atoms with van der Waals surface area (Å²) in [7, 11) is 0. The molecule has 2 rings (SSSR count). The summed E-state index contributed by atoms with van der Waals surface area (Å²) in [5.41, 5.74) is 0.766. The van der Waals surface area contributed by atoms with Crippen LogP contribution in [0.15, 0.2) is 24.3 Å². The molecule has 0 saturated carbocycles. The van der Waals surface area contributed by atoms with Crippen molar-refractivity contribution in [2.75, 3.05) is 11.5 Å². The number of thioether (sulfide) groups is 1. The molecule has 0 spiro atoms. The Balaban J connectivity index is 1.97. The first-order valence-corrected chi connectivity index (χ1v) is 7.63. The number of carbonyl (C=O) groups excluding carboxylic acids is 1. The lowest BCUT2D eigenvalue weighted by Gasteiger charge is -2.22. The molecule has 1 fully saturated rings. The molecule has 1 N–H and O–H groups in total. The molecule has 0 aromatic heterocycles. The lowest BCUT2D eigenvalue weighted by Crippen LogP contribution is -2.38. The van der Waals surface area contributed by atoms with E-state index in [1.165, 1.54) is 12.2 Å². The van der Waals surface area contributed by atoms with Crippen molar-refractivity contribution in [3.63, 3.8) is 0 Å². The zero-order chi connectivity index (χ0) is 11.4. The van der Waals surface area contributed by atoms with E-state index in [2.05, 4.69) is 27.9 Å². The first kappa shape index (κ1) is 12.2. The van der Waals surface area contributed by atoms with E-state index in [0.29, 0.717) is 6.04 Å². The van der Waals surface area contributed by atoms with Gasteiger partial charge in [0.2, 0.25) is 0 Å². The van der Waals surface area contributed by atoms with Gasteiger partial charge in [-0.1, -0.05) is 6.07 Å². The van der Waals surface area contributed by atoms with Crippen LogP contribution in [0.3, 0.4) is 0 Å². The van der Waals surface area contributed by atoms with Gasteiger partial charge in [0, 0.05) is 20.9 Å². The lowest BCUT2D eigenvalue weighted by molar-refractivity contribution is 0.0938. The van der Waals surface area contributed by atoms with Gasteiger partial charge in [-0.3, -0.25) is 4.79 Å². The van der Waals surface area contributed by atoms with Gasteiger partial charge in [0.05, 0.1) is 0 Å². The van der Waals surface area contributed by atoms with E-state index in [1.54, 1.807) is 0 Å². The van der Waals surface area contributed by atoms with Crippen LogP contribution < -0.4 is 5.32 Å². The van der Waals surface area contributed by atoms with Crippen LogP contribution in [0.5, 0.6) is 0 Å². The highest BCUT2D eigenvalue weighted by Gasteiger charge is 2.16. The molecule has 1 aromatic carbocycles. The van der Waals surface area contributed by atoms with E-state index in [4.69, 9.17) is 0 Å². The first-order valence-electron chi connectivity index (χ1n) is 5.40. The number of nitrogens with one attached hydrogen (secondary N) is 1. The molecule has 1 aliphatic heterocycles. The van der Waals surface area contributed by atoms with Crippen LogP contribution in [0.25, 0.3) is 0 Å². The minimum absolute atomic E-state index is 0.0611. The van der Waals surface area contributed by atoms with E-state index < -0.39 is 0 Å². The Morgan fingerprint density at radius 2 is 2.38 bits per heavy atom. The van der Waals surface area contributed by atoms with Crippen molar-refractivity contribution in [1.29, 1.82) is 0 Å². The third kappa shape index (κ3) is 3.38. The number of amides is 1. The van der Waals surface area contributed by atoms with Gasteiger partial charge in [-0.15, -0.1) is 0 Å². The maximum atomic E-state index is 11.9. The second-order valence-electron chi connectivity index (χ2n) is 3.90. The largest absolute Gasteiger partial charge is 0.348 e. The summed E-state index contributed by atoms with van der Waals surface area (Å²) < 4.78 is 1.10. The number of hydrogen-bond acceptors (Lipinski definition) is 2. The average Bonchev–Trinajstić information content (AvgIpc) is 2.30. The van der Waals surface area contributed by atoms with Crippen LogP contribution in [-0.4, -0.2) is 23.5 Å². The van der Waals surface area contributed by atoms with Crippen molar-refractivity contribution < 1.29 is 4.79 Å². The second-order valence-corrected chi connectivity index (χ2v) is 6.29. The maximum absolute atomic E-state index is 11.9. The van der Waals surface area contributed by atoms with Gasteiger partial charge < -0.3 is 5.32 Å². The standard InChI is InChI=1S/C12H14INOS/c13-10-4-1-3-9(7-10)12(15)14-11-5-2-6-16-8-11/h1,3-4,7,11H,2,5-6,8H2,(H,14,15). The van der Waals surface area contributed by atoms with Gasteiger partial charge in [-0.05, 0) is 59.4 Å². The van der Waals surface area contributed by atoms with Crippen LogP contribution in [0.1, 0.15) is 23.2 Å². The van der Waals surface area contributed by atoms with Gasteiger partial charge >= 0.3 is 0 Å². The van der Waals surface area contributed by atoms with E-state index >= 15 is 0 Å². The van der Waals surface area contributed by atoms with Crippen molar-refractivity contribution in [3.05, 3.63) is 33.4 Å². The summed E-state index contributed by atoms with van der Waals surface area (Å²) in [6.45, 7) is 0. The van der Waals surface area contributed by atoms with Gasteiger partial charge in [-0.25, -0.2) is 0 Å². The third-order valence-electron chi connectivity index (χ3n) is 2.58. The molecular weight excluding hydrogens is 333 g/mol. The van der Waals surface area contributed by atoms with Crippen molar-refractivity contribution in [2.24, 2.45) is 0 Å². The topological polar surface area (TPSA) is 29.1 Å². The van der Waals surface area contributed by atoms with Crippen molar-refractivity contribution in [3.8, 4) is 0 Å². The predicted octanol–water partition coefficient (Wildman–Crippen LogP) is 2.92. The normalized spacial score (nSPS) is 20.4. The van der Waals surface area contributed by atoms with Crippen molar-refractivity contribution >= 4 is 40.3 Å². The summed E-state index contributed by atoms with van der Waals surface area (Å²) in [4.78, 5) is 11.9. The highest BCUT2D eigenvalue weighted by atomic mass is 127. The minimum atomic E-state index is 0.0611. The molecule has 0 aliphatic carbocycles. The zero-order valence-corrected chi connectivity index (χ0v) is 11.9. The van der Waals surface area contributed by atoms with E-state index in [-0.39, 0.29) is 5.91 Å². The van der Waals surface area contributed by atoms with Crippen molar-refractivity contribution in [1.82, 2.24) is 5.32 Å². The van der Waals surface area contributed by atoms with Crippen molar-refractivity contribution in [2.45, 2.75) is 18.9 Å². The molecule has 4 heteroatoms. The average molecular weight is 347 g/mol. The Kier molecular flexibility index (Phi) is 4.52. The molecule has 1 aliphatic rings. The van der Waals surface area contributed by atoms with Crippen LogP contribution in [-0.2, 0) is 0 Å². The Bertz CT molecular complexity index is 377. The summed E-state index contributed by atoms with van der Waals surface area (Å²) in [6.07, 6.45) is 2.32. The SMILES string of the molecule is O=C(NC1CCCSC1)c1cccc(I)c1. The Hall–Kier alpha value is -0.230. The molecule has 1 aromatic rings. The molecule has 0 radical (unpaired) electrons. The molecule has 1 atom stereocenters. The predicted molar refractivity (Wildman–Crippen MR) is 77.0 cm³/mol. The fourth-order valence-corrected chi connectivity index (χ4v) is 3.37. The number of benzene rings is 1. The van der Waals surface area contributed by atoms with Crippen LogP contribution in [0.2, 0.25) is 0 Å². The minimum Gasteiger partial charge on any atom is -0.348 e. The second kappa shape index (κ2) is 5.91. The molecule has 1 heterocycles. The number of rotatable bonds is 2. The molecule has 0 bridgehead atoms. The van der Waals surface area contributed by atoms with Gasteiger partial charge in [0.1, 0.15) is 0 Å². The highest BCUT2D eigenvalue weighted by molar-refractivity contribution is 14.1. The Morgan fingerprint density at radius 1 is 1.50 bits per heavy atom. The fraction of sp³-hybridized carbons (Fsp3) is 0.417. The van der Waals surface area contributed by atoms with Crippen LogP contribution >= 0.6 is 34.4 Å². The van der Waals surface area contributed by atoms with Crippen LogP contribution in [0, 0.1) is 3.57 Å². The molecule has 1 amide bonds. The quantitative estimate of drug-likeness (QED) is 0.834. The smallest absolute Gasteiger partial charge is 0.251 e. The van der Waals surface area contributed by atoms with Gasteiger partial charge in [0.25, 0.3) is 5.91 Å². The number of halogens is 1. The highest BCUT2D eigenvalue weighted by Crippen LogP contribution is 2.17. The van der Waals surface area contributed by atoms with Gasteiger partial charge in [-0.2, -0.15) is 11.8 Å². The monoisotopic (exact) mass is 347 g/mol. The molecule has 1 unspecified atom stereocenters. The number of hydrogen-bond donors (Lipinski definition) is 1. The van der Waals surface area contributed by atoms with E-state index in [0.717, 1.165) is 21.3 Å². The molecule has 16 heavy (non-hydrogen) atoms. The molecule has 1 saturated heterocycles. The number of carbonyl (C=O) groups is 1. The Labute approximate surface area is 114 Å². The first-order chi connectivity index (χ1) is 7.75. The third-order valence-corrected chi connectivity index (χ3v) is 4.47. The summed E-state index contributed by atoms with van der Waals surface area (Å²) in [5.74, 6) is 2.34. The fourth-order valence-electron chi connectivity index (χ4n) is 1.75. The van der Waals surface area contributed by atoms with Crippen LogP contribution in [0.4, 0.5) is 0 Å². The zero-order valence-electron chi connectivity index (χ0n) is 8.91. The Morgan fingerprint density at radius 3 is 3.06 bits per heavy atom. The molecular formula is C12H14INOS. The molecule has 86 valence electrons. The molecule has 2 nitrogen and oxygen atoms in total. The van der Waals surface area contributed by atoms with Gasteiger partial charge in [0.15, 0.2) is 0 Å². The van der Waals surface area contributed by atoms with E-state index in [1.807, 2.05) is 36.0 Å². The summed E-state index contributed by atoms with van der Waals surface area (Å²) in [6, 6.07) is 8.06. The maximum Gasteiger partial charge on any atom is 0.251 e. The summed E-state index contributed by atoms with van der Waals surface area (Å²) >= 11 is 4.15. The summed E-state index contributed by atoms with van der Waals surface area (Å²) in [5, 5.41) is 3.10.